The molecule has 0 amide bonds. The molecule has 0 spiro atoms. The van der Waals surface area contributed by atoms with Crippen LogP contribution in [0.25, 0.3) is 0 Å². The van der Waals surface area contributed by atoms with Crippen molar-refractivity contribution in [3.8, 4) is 5.75 Å². The van der Waals surface area contributed by atoms with Crippen LogP contribution in [0.2, 0.25) is 0 Å². The fourth-order valence-corrected chi connectivity index (χ4v) is 1.65. The van der Waals surface area contributed by atoms with Crippen LogP contribution in [-0.2, 0) is 17.8 Å². The lowest BCUT2D eigenvalue weighted by molar-refractivity contribution is 0.134. The van der Waals surface area contributed by atoms with Crippen molar-refractivity contribution in [1.29, 1.82) is 0 Å². The molecule has 0 aromatic heterocycles. The second-order valence-corrected chi connectivity index (χ2v) is 3.97. The van der Waals surface area contributed by atoms with E-state index in [2.05, 4.69) is 19.1 Å². The third-order valence-corrected chi connectivity index (χ3v) is 2.47. The molecule has 96 valence electrons. The van der Waals surface area contributed by atoms with Crippen LogP contribution < -0.4 is 10.5 Å². The van der Waals surface area contributed by atoms with Gasteiger partial charge in [0.2, 0.25) is 0 Å². The van der Waals surface area contributed by atoms with Gasteiger partial charge in [-0.05, 0) is 49.6 Å². The van der Waals surface area contributed by atoms with Crippen molar-refractivity contribution in [2.24, 2.45) is 5.73 Å². The van der Waals surface area contributed by atoms with E-state index in [1.807, 2.05) is 13.0 Å². The second-order valence-electron chi connectivity index (χ2n) is 3.97. The zero-order valence-corrected chi connectivity index (χ0v) is 10.9. The lowest BCUT2D eigenvalue weighted by atomic mass is 10.1. The quantitative estimate of drug-likeness (QED) is 0.755. The standard InChI is InChI=1S/C14H23NO2/c1-3-9-17-14-6-5-12(11-16-4-2)10-13(14)7-8-15/h5-6,10H,3-4,7-9,11,15H2,1-2H3. The zero-order chi connectivity index (χ0) is 12.5. The first kappa shape index (κ1) is 14.0. The molecule has 0 bridgehead atoms. The number of benzene rings is 1. The Labute approximate surface area is 104 Å². The predicted octanol–water partition coefficient (Wildman–Crippen LogP) is 2.51. The maximum absolute atomic E-state index is 5.70. The van der Waals surface area contributed by atoms with Crippen LogP contribution in [0.1, 0.15) is 31.4 Å². The first-order valence-electron chi connectivity index (χ1n) is 6.34. The molecular weight excluding hydrogens is 214 g/mol. The SMILES string of the molecule is CCCOc1ccc(COCC)cc1CCN. The largest absolute Gasteiger partial charge is 0.493 e. The van der Waals surface area contributed by atoms with Gasteiger partial charge in [-0.3, -0.25) is 0 Å². The molecule has 0 aliphatic heterocycles. The van der Waals surface area contributed by atoms with E-state index < -0.39 is 0 Å². The summed E-state index contributed by atoms with van der Waals surface area (Å²) in [4.78, 5) is 0. The van der Waals surface area contributed by atoms with Gasteiger partial charge in [-0.1, -0.05) is 13.0 Å². The Bertz CT molecular complexity index is 326. The fraction of sp³-hybridized carbons (Fsp3) is 0.571. The molecule has 0 heterocycles. The van der Waals surface area contributed by atoms with Gasteiger partial charge in [-0.15, -0.1) is 0 Å². The highest BCUT2D eigenvalue weighted by Gasteiger charge is 2.04. The monoisotopic (exact) mass is 237 g/mol. The maximum Gasteiger partial charge on any atom is 0.122 e. The minimum absolute atomic E-state index is 0.639. The van der Waals surface area contributed by atoms with Crippen LogP contribution in [0.4, 0.5) is 0 Å². The summed E-state index contributed by atoms with van der Waals surface area (Å²) in [7, 11) is 0. The Hall–Kier alpha value is -1.06. The van der Waals surface area contributed by atoms with Crippen molar-refractivity contribution >= 4 is 0 Å². The van der Waals surface area contributed by atoms with Gasteiger partial charge in [0.25, 0.3) is 0 Å². The van der Waals surface area contributed by atoms with Crippen LogP contribution in [0.15, 0.2) is 18.2 Å². The summed E-state index contributed by atoms with van der Waals surface area (Å²) in [6.07, 6.45) is 1.86. The summed E-state index contributed by atoms with van der Waals surface area (Å²) >= 11 is 0. The number of ether oxygens (including phenoxy) is 2. The van der Waals surface area contributed by atoms with Gasteiger partial charge in [0, 0.05) is 6.61 Å². The third-order valence-electron chi connectivity index (χ3n) is 2.47. The van der Waals surface area contributed by atoms with Crippen molar-refractivity contribution < 1.29 is 9.47 Å². The van der Waals surface area contributed by atoms with Gasteiger partial charge < -0.3 is 15.2 Å². The van der Waals surface area contributed by atoms with E-state index in [0.717, 1.165) is 31.8 Å². The lowest BCUT2D eigenvalue weighted by Crippen LogP contribution is -2.06. The smallest absolute Gasteiger partial charge is 0.122 e. The lowest BCUT2D eigenvalue weighted by Gasteiger charge is -2.12. The third kappa shape index (κ3) is 4.75. The average Bonchev–Trinajstić information content (AvgIpc) is 2.35. The Kier molecular flexibility index (Phi) is 6.67. The normalized spacial score (nSPS) is 10.5. The van der Waals surface area contributed by atoms with E-state index in [1.165, 1.54) is 11.1 Å². The van der Waals surface area contributed by atoms with E-state index in [0.29, 0.717) is 13.2 Å². The van der Waals surface area contributed by atoms with Crippen LogP contribution >= 0.6 is 0 Å². The summed E-state index contributed by atoms with van der Waals surface area (Å²) in [5.41, 5.74) is 7.98. The number of hydrogen-bond donors (Lipinski definition) is 1. The molecule has 1 rings (SSSR count). The zero-order valence-electron chi connectivity index (χ0n) is 10.9. The van der Waals surface area contributed by atoms with Crippen molar-refractivity contribution in [2.45, 2.75) is 33.3 Å². The minimum atomic E-state index is 0.639. The molecule has 17 heavy (non-hydrogen) atoms. The molecule has 0 aliphatic rings. The molecule has 3 heteroatoms. The number of hydrogen-bond acceptors (Lipinski definition) is 3. The molecule has 3 nitrogen and oxygen atoms in total. The van der Waals surface area contributed by atoms with Gasteiger partial charge in [0.1, 0.15) is 5.75 Å². The number of nitrogens with two attached hydrogens (primary N) is 1. The topological polar surface area (TPSA) is 44.5 Å². The Morgan fingerprint density at radius 2 is 2.06 bits per heavy atom. The molecule has 0 radical (unpaired) electrons. The van der Waals surface area contributed by atoms with Gasteiger partial charge in [-0.25, -0.2) is 0 Å². The summed E-state index contributed by atoms with van der Waals surface area (Å²) in [6, 6.07) is 6.21. The van der Waals surface area contributed by atoms with E-state index in [9.17, 15) is 0 Å². The van der Waals surface area contributed by atoms with Crippen molar-refractivity contribution in [1.82, 2.24) is 0 Å². The van der Waals surface area contributed by atoms with E-state index in [-0.39, 0.29) is 0 Å². The molecule has 0 saturated carbocycles. The molecule has 0 unspecified atom stereocenters. The summed E-state index contributed by atoms with van der Waals surface area (Å²) in [5.74, 6) is 0.956. The van der Waals surface area contributed by atoms with Crippen LogP contribution in [0.5, 0.6) is 5.75 Å². The molecule has 0 fully saturated rings. The predicted molar refractivity (Wildman–Crippen MR) is 70.3 cm³/mol. The maximum atomic E-state index is 5.70. The van der Waals surface area contributed by atoms with Crippen LogP contribution in [0.3, 0.4) is 0 Å². The van der Waals surface area contributed by atoms with Gasteiger partial charge in [0.15, 0.2) is 0 Å². The van der Waals surface area contributed by atoms with Gasteiger partial charge >= 0.3 is 0 Å². The van der Waals surface area contributed by atoms with Crippen LogP contribution in [0, 0.1) is 0 Å². The Morgan fingerprint density at radius 1 is 1.24 bits per heavy atom. The van der Waals surface area contributed by atoms with Crippen molar-refractivity contribution in [3.63, 3.8) is 0 Å². The second kappa shape index (κ2) is 8.09. The van der Waals surface area contributed by atoms with Gasteiger partial charge in [-0.2, -0.15) is 0 Å². The minimum Gasteiger partial charge on any atom is -0.493 e. The average molecular weight is 237 g/mol. The van der Waals surface area contributed by atoms with E-state index >= 15 is 0 Å². The van der Waals surface area contributed by atoms with Gasteiger partial charge in [0.05, 0.1) is 13.2 Å². The van der Waals surface area contributed by atoms with Crippen LogP contribution in [-0.4, -0.2) is 19.8 Å². The highest BCUT2D eigenvalue weighted by molar-refractivity contribution is 5.37. The first-order chi connectivity index (χ1) is 8.31. The summed E-state index contributed by atoms with van der Waals surface area (Å²) in [5, 5.41) is 0. The Balaban J connectivity index is 2.75. The van der Waals surface area contributed by atoms with E-state index in [1.54, 1.807) is 0 Å². The highest BCUT2D eigenvalue weighted by atomic mass is 16.5. The van der Waals surface area contributed by atoms with Crippen molar-refractivity contribution in [3.05, 3.63) is 29.3 Å². The Morgan fingerprint density at radius 3 is 2.71 bits per heavy atom. The highest BCUT2D eigenvalue weighted by Crippen LogP contribution is 2.21. The molecular formula is C14H23NO2. The molecule has 0 saturated heterocycles. The molecule has 1 aromatic rings. The fourth-order valence-electron chi connectivity index (χ4n) is 1.65. The number of rotatable bonds is 8. The molecule has 0 atom stereocenters. The van der Waals surface area contributed by atoms with E-state index in [4.69, 9.17) is 15.2 Å². The summed E-state index contributed by atoms with van der Waals surface area (Å²) in [6.45, 7) is 6.89. The molecule has 2 N–H and O–H groups in total. The molecule has 0 aliphatic carbocycles. The molecule has 1 aromatic carbocycles. The first-order valence-corrected chi connectivity index (χ1v) is 6.34. The van der Waals surface area contributed by atoms with Crippen molar-refractivity contribution in [2.75, 3.05) is 19.8 Å². The summed E-state index contributed by atoms with van der Waals surface area (Å²) < 4.78 is 11.1.